The maximum absolute atomic E-state index is 13.8. The Morgan fingerprint density at radius 3 is 1.20 bits per heavy atom. The van der Waals surface area contributed by atoms with E-state index in [0.29, 0.717) is 47.0 Å². The van der Waals surface area contributed by atoms with Crippen LogP contribution in [0.25, 0.3) is 33.4 Å². The third-order valence-corrected chi connectivity index (χ3v) is 9.83. The maximum atomic E-state index is 13.8. The van der Waals surface area contributed by atoms with Crippen LogP contribution in [0.1, 0.15) is 77.8 Å². The lowest BCUT2D eigenvalue weighted by atomic mass is 10.00. The first kappa shape index (κ1) is 37.2. The van der Waals surface area contributed by atoms with Crippen LogP contribution in [0.3, 0.4) is 0 Å². The molecule has 6 aromatic rings. The maximum Gasteiger partial charge on any atom is 0.343 e. The molecule has 0 N–H and O–H groups in total. The summed E-state index contributed by atoms with van der Waals surface area (Å²) in [6.45, 7) is 5.28. The van der Waals surface area contributed by atoms with Crippen LogP contribution in [0.4, 0.5) is 0 Å². The smallest absolute Gasteiger partial charge is 0.343 e. The van der Waals surface area contributed by atoms with Crippen molar-refractivity contribution >= 4 is 11.9 Å². The van der Waals surface area contributed by atoms with Crippen molar-refractivity contribution in [1.29, 1.82) is 0 Å². The fraction of sp³-hybridized carbons (Fsp3) is 0.224. The summed E-state index contributed by atoms with van der Waals surface area (Å²) in [5.41, 5.74) is 8.53. The largest absolute Gasteiger partial charge is 0.493 e. The average Bonchev–Trinajstić information content (AvgIpc) is 3.26. The van der Waals surface area contributed by atoms with Gasteiger partial charge >= 0.3 is 11.9 Å². The Morgan fingerprint density at radius 2 is 0.836 bits per heavy atom. The second-order valence-electron chi connectivity index (χ2n) is 13.8. The second kappa shape index (κ2) is 17.8. The molecule has 1 aliphatic heterocycles. The van der Waals surface area contributed by atoms with Crippen LogP contribution >= 0.6 is 0 Å². The molecule has 7 rings (SSSR count). The van der Waals surface area contributed by atoms with Gasteiger partial charge in [0.15, 0.2) is 0 Å². The van der Waals surface area contributed by atoms with Gasteiger partial charge in [-0.1, -0.05) is 112 Å². The number of hydrogen-bond donors (Lipinski definition) is 0. The molecule has 1 heterocycles. The Labute approximate surface area is 323 Å². The molecule has 0 aliphatic carbocycles. The van der Waals surface area contributed by atoms with E-state index in [9.17, 15) is 9.59 Å². The molecule has 0 aromatic heterocycles. The molecule has 0 atom stereocenters. The highest BCUT2D eigenvalue weighted by molar-refractivity contribution is 5.96. The van der Waals surface area contributed by atoms with E-state index in [1.807, 2.05) is 36.4 Å². The highest BCUT2D eigenvalue weighted by atomic mass is 16.5. The number of ether oxygens (including phenoxy) is 4. The van der Waals surface area contributed by atoms with Gasteiger partial charge in [-0.2, -0.15) is 0 Å². The van der Waals surface area contributed by atoms with Gasteiger partial charge in [0.2, 0.25) is 0 Å². The molecule has 6 aromatic carbocycles. The molecule has 0 bridgehead atoms. The number of aryl methyl sites for hydroxylation is 2. The van der Waals surface area contributed by atoms with Crippen molar-refractivity contribution < 1.29 is 28.5 Å². The fourth-order valence-corrected chi connectivity index (χ4v) is 6.89. The van der Waals surface area contributed by atoms with Crippen molar-refractivity contribution in [2.45, 2.75) is 58.8 Å². The van der Waals surface area contributed by atoms with Crippen LogP contribution in [-0.2, 0) is 12.8 Å². The van der Waals surface area contributed by atoms with Crippen LogP contribution in [0, 0.1) is 0 Å². The molecular weight excluding hydrogens is 685 g/mol. The van der Waals surface area contributed by atoms with Crippen molar-refractivity contribution in [1.82, 2.24) is 0 Å². The first-order chi connectivity index (χ1) is 27.0. The Morgan fingerprint density at radius 1 is 0.473 bits per heavy atom. The predicted molar refractivity (Wildman–Crippen MR) is 218 cm³/mol. The fourth-order valence-electron chi connectivity index (χ4n) is 6.89. The van der Waals surface area contributed by atoms with Crippen molar-refractivity contribution in [2.24, 2.45) is 0 Å². The Bertz CT molecular complexity index is 2060. The summed E-state index contributed by atoms with van der Waals surface area (Å²) in [4.78, 5) is 27.5. The van der Waals surface area contributed by atoms with E-state index in [2.05, 4.69) is 62.4 Å². The summed E-state index contributed by atoms with van der Waals surface area (Å²) in [7, 11) is 0. The van der Waals surface area contributed by atoms with Crippen LogP contribution in [0.2, 0.25) is 0 Å². The lowest BCUT2D eigenvalue weighted by molar-refractivity contribution is 0.0722. The van der Waals surface area contributed by atoms with Gasteiger partial charge in [0.25, 0.3) is 0 Å². The molecule has 6 nitrogen and oxygen atoms in total. The third-order valence-electron chi connectivity index (χ3n) is 9.83. The molecule has 0 fully saturated rings. The SMILES string of the molecule is CCCc1ccc(-c2ccc(C(=O)Oc3cccc4c3-c3c(cccc3OC(=O)c3ccc(-c5ccc(CCC)cc5)cc3)OCCCCCO4)cc2)cc1. The van der Waals surface area contributed by atoms with Gasteiger partial charge in [0.05, 0.1) is 35.5 Å². The molecule has 0 spiro atoms. The number of hydrogen-bond acceptors (Lipinski definition) is 6. The van der Waals surface area contributed by atoms with Crippen molar-refractivity contribution in [3.8, 4) is 56.4 Å². The molecule has 0 radical (unpaired) electrons. The number of rotatable bonds is 10. The normalized spacial score (nSPS) is 12.5. The lowest BCUT2D eigenvalue weighted by Gasteiger charge is -2.20. The van der Waals surface area contributed by atoms with E-state index in [1.165, 1.54) is 11.1 Å². The Balaban J connectivity index is 1.18. The number of carbonyl (C=O) groups is 2. The predicted octanol–water partition coefficient (Wildman–Crippen LogP) is 12.0. The highest BCUT2D eigenvalue weighted by Gasteiger charge is 2.26. The minimum Gasteiger partial charge on any atom is -0.493 e. The first-order valence-electron chi connectivity index (χ1n) is 19.4. The summed E-state index contributed by atoms with van der Waals surface area (Å²) < 4.78 is 25.0. The quantitative estimate of drug-likeness (QED) is 0.103. The van der Waals surface area contributed by atoms with Crippen LogP contribution < -0.4 is 18.9 Å². The monoisotopic (exact) mass is 730 g/mol. The highest BCUT2D eigenvalue weighted by Crippen LogP contribution is 2.48. The Kier molecular flexibility index (Phi) is 12.0. The first-order valence-corrected chi connectivity index (χ1v) is 19.4. The van der Waals surface area contributed by atoms with Crippen LogP contribution in [0.5, 0.6) is 23.0 Å². The topological polar surface area (TPSA) is 71.1 Å². The standard InChI is InChI=1S/C49H46O6/c1-3-10-34-16-20-36(21-17-34)38-24-28-40(29-25-38)48(50)54-44-14-8-12-42-46(44)47-43(53-33-7-5-6-32-52-42)13-9-15-45(47)55-49(51)41-30-26-39(27-31-41)37-22-18-35(11-4-2)19-23-37/h8-9,12-31H,3-7,10-11,32-33H2,1-2H3. The molecule has 278 valence electrons. The number of carbonyl (C=O) groups excluding carboxylic acids is 2. The van der Waals surface area contributed by atoms with E-state index in [1.54, 1.807) is 48.5 Å². The molecule has 1 aliphatic rings. The second-order valence-corrected chi connectivity index (χ2v) is 13.8. The van der Waals surface area contributed by atoms with Crippen molar-refractivity contribution in [3.63, 3.8) is 0 Å². The van der Waals surface area contributed by atoms with E-state index >= 15 is 0 Å². The van der Waals surface area contributed by atoms with E-state index < -0.39 is 11.9 Å². The van der Waals surface area contributed by atoms with Crippen molar-refractivity contribution in [3.05, 3.63) is 156 Å². The van der Waals surface area contributed by atoms with Gasteiger partial charge in [0, 0.05) is 0 Å². The molecule has 0 saturated heterocycles. The summed E-state index contributed by atoms with van der Waals surface area (Å²) in [5.74, 6) is 0.475. The molecule has 0 amide bonds. The van der Waals surface area contributed by atoms with Gasteiger partial charge in [0.1, 0.15) is 23.0 Å². The molecule has 6 heteroatoms. The molecule has 0 unspecified atom stereocenters. The van der Waals surface area contributed by atoms with E-state index in [4.69, 9.17) is 18.9 Å². The van der Waals surface area contributed by atoms with Gasteiger partial charge in [-0.3, -0.25) is 0 Å². The minimum absolute atomic E-state index is 0.264. The zero-order valence-electron chi connectivity index (χ0n) is 31.5. The van der Waals surface area contributed by atoms with Crippen LogP contribution in [0.15, 0.2) is 133 Å². The average molecular weight is 731 g/mol. The van der Waals surface area contributed by atoms with Crippen LogP contribution in [-0.4, -0.2) is 25.2 Å². The minimum atomic E-state index is -0.524. The van der Waals surface area contributed by atoms with Gasteiger partial charge in [-0.15, -0.1) is 0 Å². The van der Waals surface area contributed by atoms with Gasteiger partial charge in [-0.05, 0) is 114 Å². The van der Waals surface area contributed by atoms with Gasteiger partial charge in [-0.25, -0.2) is 9.59 Å². The zero-order chi connectivity index (χ0) is 38.0. The zero-order valence-corrected chi connectivity index (χ0v) is 31.5. The Hall–Kier alpha value is -6.14. The van der Waals surface area contributed by atoms with E-state index in [0.717, 1.165) is 67.2 Å². The summed E-state index contributed by atoms with van der Waals surface area (Å²) in [5, 5.41) is 0. The summed E-state index contributed by atoms with van der Waals surface area (Å²) in [6, 6.07) is 42.6. The number of fused-ring (bicyclic) bond motifs is 3. The molecule has 0 saturated carbocycles. The number of benzene rings is 6. The lowest BCUT2D eigenvalue weighted by Crippen LogP contribution is -2.12. The van der Waals surface area contributed by atoms with E-state index in [-0.39, 0.29) is 11.5 Å². The van der Waals surface area contributed by atoms with Gasteiger partial charge < -0.3 is 18.9 Å². The number of esters is 2. The molecule has 55 heavy (non-hydrogen) atoms. The van der Waals surface area contributed by atoms with Crippen molar-refractivity contribution in [2.75, 3.05) is 13.2 Å². The summed E-state index contributed by atoms with van der Waals surface area (Å²) in [6.07, 6.45) is 6.87. The third kappa shape index (κ3) is 8.98. The summed E-state index contributed by atoms with van der Waals surface area (Å²) >= 11 is 0. The molecular formula is C49H46O6.